The first-order valence-electron chi connectivity index (χ1n) is 6.84. The van der Waals surface area contributed by atoms with Crippen LogP contribution in [0.15, 0.2) is 0 Å². The minimum Gasteiger partial charge on any atom is -0.353 e. The van der Waals surface area contributed by atoms with Crippen molar-refractivity contribution in [1.82, 2.24) is 5.32 Å². The van der Waals surface area contributed by atoms with Gasteiger partial charge in [-0.25, -0.2) is 0 Å². The summed E-state index contributed by atoms with van der Waals surface area (Å²) in [5, 5.41) is 2.66. The van der Waals surface area contributed by atoms with E-state index in [4.69, 9.17) is 5.73 Å². The van der Waals surface area contributed by atoms with Gasteiger partial charge in [0.15, 0.2) is 0 Å². The molecule has 0 radical (unpaired) electrons. The molecule has 0 saturated heterocycles. The lowest BCUT2D eigenvalue weighted by atomic mass is 9.78. The van der Waals surface area contributed by atoms with Crippen molar-refractivity contribution in [2.45, 2.75) is 64.2 Å². The van der Waals surface area contributed by atoms with Crippen LogP contribution in [-0.2, 0) is 4.79 Å². The van der Waals surface area contributed by atoms with Crippen LogP contribution >= 0.6 is 0 Å². The first-order chi connectivity index (χ1) is 8.71. The van der Waals surface area contributed by atoms with Gasteiger partial charge in [-0.3, -0.25) is 4.79 Å². The van der Waals surface area contributed by atoms with Crippen molar-refractivity contribution in [1.29, 1.82) is 0 Å². The molecule has 1 saturated carbocycles. The molecular weight excluding hydrogens is 257 g/mol. The second kappa shape index (κ2) is 6.59. The van der Waals surface area contributed by atoms with Crippen molar-refractivity contribution in [2.24, 2.45) is 17.6 Å². The average Bonchev–Trinajstić information content (AvgIpc) is 2.26. The van der Waals surface area contributed by atoms with Crippen LogP contribution in [0.2, 0.25) is 0 Å². The molecule has 0 aromatic heterocycles. The number of carbonyl (C=O) groups is 1. The Morgan fingerprint density at radius 3 is 2.42 bits per heavy atom. The molecule has 0 aromatic rings. The van der Waals surface area contributed by atoms with Crippen LogP contribution in [0, 0.1) is 11.8 Å². The van der Waals surface area contributed by atoms with Crippen LogP contribution in [0.3, 0.4) is 0 Å². The van der Waals surface area contributed by atoms with Crippen molar-refractivity contribution in [3.63, 3.8) is 0 Å². The van der Waals surface area contributed by atoms with Crippen LogP contribution in [0.1, 0.15) is 46.0 Å². The molecule has 4 unspecified atom stereocenters. The highest BCUT2D eigenvalue weighted by molar-refractivity contribution is 5.79. The maximum Gasteiger partial charge on any atom is 0.392 e. The molecule has 0 spiro atoms. The van der Waals surface area contributed by atoms with Gasteiger partial charge in [0.25, 0.3) is 0 Å². The molecule has 0 heterocycles. The SMILES string of the molecule is CC(N)CC(C)NC(=O)C1CCCCC1C(F)(F)F. The number of carbonyl (C=O) groups excluding carboxylic acids is 1. The minimum absolute atomic E-state index is 0.0588. The van der Waals surface area contributed by atoms with E-state index in [1.54, 1.807) is 6.92 Å². The summed E-state index contributed by atoms with van der Waals surface area (Å²) < 4.78 is 38.7. The number of hydrogen-bond donors (Lipinski definition) is 2. The largest absolute Gasteiger partial charge is 0.392 e. The van der Waals surface area contributed by atoms with E-state index < -0.39 is 23.9 Å². The van der Waals surface area contributed by atoms with E-state index >= 15 is 0 Å². The van der Waals surface area contributed by atoms with Crippen LogP contribution in [0.5, 0.6) is 0 Å². The number of halogens is 3. The van der Waals surface area contributed by atoms with Gasteiger partial charge in [-0.05, 0) is 33.1 Å². The standard InChI is InChI=1S/C13H23F3N2O/c1-8(17)7-9(2)18-12(19)10-5-3-4-6-11(10)13(14,15)16/h8-11H,3-7,17H2,1-2H3,(H,18,19). The van der Waals surface area contributed by atoms with Gasteiger partial charge in [0.1, 0.15) is 0 Å². The Morgan fingerprint density at radius 2 is 1.89 bits per heavy atom. The number of alkyl halides is 3. The first-order valence-corrected chi connectivity index (χ1v) is 6.84. The summed E-state index contributed by atoms with van der Waals surface area (Å²) in [6.45, 7) is 3.58. The third kappa shape index (κ3) is 5.01. The van der Waals surface area contributed by atoms with E-state index in [2.05, 4.69) is 5.32 Å². The van der Waals surface area contributed by atoms with E-state index in [0.29, 0.717) is 25.7 Å². The second-order valence-corrected chi connectivity index (χ2v) is 5.66. The molecular formula is C13H23F3N2O. The smallest absolute Gasteiger partial charge is 0.353 e. The van der Waals surface area contributed by atoms with E-state index in [1.807, 2.05) is 6.92 Å². The third-order valence-electron chi connectivity index (χ3n) is 3.64. The molecule has 19 heavy (non-hydrogen) atoms. The molecule has 1 fully saturated rings. The molecule has 112 valence electrons. The Kier molecular flexibility index (Phi) is 5.64. The lowest BCUT2D eigenvalue weighted by Gasteiger charge is -2.32. The first kappa shape index (κ1) is 16.3. The van der Waals surface area contributed by atoms with Crippen molar-refractivity contribution in [2.75, 3.05) is 0 Å². The van der Waals surface area contributed by atoms with E-state index in [9.17, 15) is 18.0 Å². The van der Waals surface area contributed by atoms with Crippen molar-refractivity contribution >= 4 is 5.91 Å². The quantitative estimate of drug-likeness (QED) is 0.831. The molecule has 4 atom stereocenters. The summed E-state index contributed by atoms with van der Waals surface area (Å²) in [4.78, 5) is 12.0. The Hall–Kier alpha value is -0.780. The van der Waals surface area contributed by atoms with Crippen LogP contribution < -0.4 is 11.1 Å². The van der Waals surface area contributed by atoms with Crippen molar-refractivity contribution < 1.29 is 18.0 Å². The summed E-state index contributed by atoms with van der Waals surface area (Å²) in [5.74, 6) is -2.91. The lowest BCUT2D eigenvalue weighted by Crippen LogP contribution is -2.46. The lowest BCUT2D eigenvalue weighted by molar-refractivity contribution is -0.198. The Bertz CT molecular complexity index is 305. The molecule has 0 aromatic carbocycles. The van der Waals surface area contributed by atoms with Gasteiger partial charge in [0, 0.05) is 18.0 Å². The molecule has 3 N–H and O–H groups in total. The monoisotopic (exact) mass is 280 g/mol. The highest BCUT2D eigenvalue weighted by Crippen LogP contribution is 2.41. The number of amides is 1. The molecule has 0 bridgehead atoms. The molecule has 3 nitrogen and oxygen atoms in total. The molecule has 1 amide bonds. The summed E-state index contributed by atoms with van der Waals surface area (Å²) in [6.07, 6.45) is -2.11. The second-order valence-electron chi connectivity index (χ2n) is 5.66. The number of nitrogens with two attached hydrogens (primary N) is 1. The predicted octanol–water partition coefficient (Wildman–Crippen LogP) is 2.60. The summed E-state index contributed by atoms with van der Waals surface area (Å²) in [5.41, 5.74) is 5.61. The Morgan fingerprint density at radius 1 is 1.32 bits per heavy atom. The van der Waals surface area contributed by atoms with Gasteiger partial charge < -0.3 is 11.1 Å². The zero-order chi connectivity index (χ0) is 14.6. The number of nitrogens with one attached hydrogen (secondary N) is 1. The maximum atomic E-state index is 12.9. The number of rotatable bonds is 4. The topological polar surface area (TPSA) is 55.1 Å². The zero-order valence-electron chi connectivity index (χ0n) is 11.5. The average molecular weight is 280 g/mol. The van der Waals surface area contributed by atoms with Gasteiger partial charge in [-0.2, -0.15) is 13.2 Å². The van der Waals surface area contributed by atoms with E-state index in [0.717, 1.165) is 0 Å². The van der Waals surface area contributed by atoms with Gasteiger partial charge in [0.05, 0.1) is 5.92 Å². The Labute approximate surface area is 112 Å². The van der Waals surface area contributed by atoms with Gasteiger partial charge >= 0.3 is 6.18 Å². The van der Waals surface area contributed by atoms with E-state index in [1.165, 1.54) is 0 Å². The van der Waals surface area contributed by atoms with Crippen molar-refractivity contribution in [3.8, 4) is 0 Å². The minimum atomic E-state index is -4.28. The summed E-state index contributed by atoms with van der Waals surface area (Å²) in [7, 11) is 0. The molecule has 6 heteroatoms. The van der Waals surface area contributed by atoms with Gasteiger partial charge in [-0.15, -0.1) is 0 Å². The zero-order valence-corrected chi connectivity index (χ0v) is 11.5. The highest BCUT2D eigenvalue weighted by atomic mass is 19.4. The van der Waals surface area contributed by atoms with E-state index in [-0.39, 0.29) is 18.5 Å². The highest BCUT2D eigenvalue weighted by Gasteiger charge is 2.48. The molecule has 0 aliphatic heterocycles. The van der Waals surface area contributed by atoms with Crippen LogP contribution in [-0.4, -0.2) is 24.2 Å². The summed E-state index contributed by atoms with van der Waals surface area (Å²) >= 11 is 0. The fourth-order valence-electron chi connectivity index (χ4n) is 2.80. The van der Waals surface area contributed by atoms with Gasteiger partial charge in [0.2, 0.25) is 5.91 Å². The summed E-state index contributed by atoms with van der Waals surface area (Å²) in [6, 6.07) is -0.275. The molecule has 1 aliphatic rings. The van der Waals surface area contributed by atoms with Gasteiger partial charge in [-0.1, -0.05) is 12.8 Å². The predicted molar refractivity (Wildman–Crippen MR) is 67.4 cm³/mol. The van der Waals surface area contributed by atoms with Crippen LogP contribution in [0.25, 0.3) is 0 Å². The fourth-order valence-corrected chi connectivity index (χ4v) is 2.80. The normalized spacial score (nSPS) is 27.7. The molecule has 1 aliphatic carbocycles. The number of hydrogen-bond acceptors (Lipinski definition) is 2. The molecule has 1 rings (SSSR count). The maximum absolute atomic E-state index is 12.9. The van der Waals surface area contributed by atoms with Crippen LogP contribution in [0.4, 0.5) is 13.2 Å². The third-order valence-corrected chi connectivity index (χ3v) is 3.64. The Balaban J connectivity index is 2.62. The van der Waals surface area contributed by atoms with Crippen molar-refractivity contribution in [3.05, 3.63) is 0 Å². The fraction of sp³-hybridized carbons (Fsp3) is 0.923.